The highest BCUT2D eigenvalue weighted by atomic mass is 16.5. The lowest BCUT2D eigenvalue weighted by Crippen LogP contribution is -2.19. The molecule has 0 unspecified atom stereocenters. The third-order valence-electron chi connectivity index (χ3n) is 6.16. The first-order valence-electron chi connectivity index (χ1n) is 11.9. The Morgan fingerprint density at radius 2 is 1.79 bits per heavy atom. The van der Waals surface area contributed by atoms with Gasteiger partial charge in [-0.15, -0.1) is 0 Å². The zero-order chi connectivity index (χ0) is 23.3. The Kier molecular flexibility index (Phi) is 6.51. The largest absolute Gasteiger partial charge is 0.489 e. The Morgan fingerprint density at radius 3 is 2.56 bits per heavy atom. The smallest absolute Gasteiger partial charge is 0.223 e. The Labute approximate surface area is 199 Å². The highest BCUT2D eigenvalue weighted by molar-refractivity contribution is 5.61. The molecular weight excluding hydrogens is 426 g/mol. The van der Waals surface area contributed by atoms with Crippen molar-refractivity contribution in [2.24, 2.45) is 0 Å². The van der Waals surface area contributed by atoms with Crippen LogP contribution in [-0.4, -0.2) is 26.2 Å². The van der Waals surface area contributed by atoms with E-state index in [1.807, 2.05) is 62.4 Å². The lowest BCUT2D eigenvalue weighted by molar-refractivity contribution is 0.154. The first-order chi connectivity index (χ1) is 16.7. The molecule has 0 saturated heterocycles. The summed E-state index contributed by atoms with van der Waals surface area (Å²) in [5.74, 6) is 2.01. The van der Waals surface area contributed by atoms with Gasteiger partial charge in [-0.2, -0.15) is 0 Å². The van der Waals surface area contributed by atoms with Crippen LogP contribution in [0.4, 0.5) is 5.95 Å². The predicted molar refractivity (Wildman–Crippen MR) is 132 cm³/mol. The highest BCUT2D eigenvalue weighted by Crippen LogP contribution is 2.28. The van der Waals surface area contributed by atoms with Crippen LogP contribution in [0, 0.1) is 13.8 Å². The number of rotatable bonds is 7. The summed E-state index contributed by atoms with van der Waals surface area (Å²) in [5, 5.41) is 7.52. The molecular formula is C27H29N5O2. The van der Waals surface area contributed by atoms with Crippen LogP contribution in [0.15, 0.2) is 59.3 Å². The van der Waals surface area contributed by atoms with Crippen LogP contribution >= 0.6 is 0 Å². The number of hydrogen-bond donors (Lipinski definition) is 1. The molecule has 7 nitrogen and oxygen atoms in total. The summed E-state index contributed by atoms with van der Waals surface area (Å²) in [6, 6.07) is 16.0. The predicted octanol–water partition coefficient (Wildman–Crippen LogP) is 6.13. The monoisotopic (exact) mass is 455 g/mol. The molecule has 34 heavy (non-hydrogen) atoms. The van der Waals surface area contributed by atoms with Crippen LogP contribution < -0.4 is 10.1 Å². The summed E-state index contributed by atoms with van der Waals surface area (Å²) in [4.78, 5) is 13.8. The molecule has 7 heteroatoms. The second-order valence-corrected chi connectivity index (χ2v) is 8.77. The molecule has 1 saturated carbocycles. The quantitative estimate of drug-likeness (QED) is 0.358. The van der Waals surface area contributed by atoms with E-state index in [9.17, 15) is 0 Å². The molecule has 0 bridgehead atoms. The van der Waals surface area contributed by atoms with E-state index >= 15 is 0 Å². The number of benzene rings is 1. The molecule has 0 spiro atoms. The van der Waals surface area contributed by atoms with Crippen LogP contribution in [0.2, 0.25) is 0 Å². The first-order valence-corrected chi connectivity index (χ1v) is 11.9. The molecule has 1 fully saturated rings. The third kappa shape index (κ3) is 5.09. The number of aromatic nitrogens is 4. The van der Waals surface area contributed by atoms with Crippen molar-refractivity contribution in [1.82, 2.24) is 20.1 Å². The fraction of sp³-hybridized carbons (Fsp3) is 0.333. The average molecular weight is 456 g/mol. The van der Waals surface area contributed by atoms with Crippen molar-refractivity contribution in [3.8, 4) is 28.5 Å². The maximum atomic E-state index is 6.11. The lowest BCUT2D eigenvalue weighted by Gasteiger charge is -2.22. The minimum Gasteiger partial charge on any atom is -0.489 e. The SMILES string of the molecule is Cc1cc(-c2ccccc2)nc(NCc2c(C)noc2-c2ccc(OC3CCCCC3)cn2)n1. The molecule has 0 atom stereocenters. The Hall–Kier alpha value is -3.74. The fourth-order valence-corrected chi connectivity index (χ4v) is 4.33. The third-order valence-corrected chi connectivity index (χ3v) is 6.16. The maximum Gasteiger partial charge on any atom is 0.223 e. The Balaban J connectivity index is 1.31. The van der Waals surface area contributed by atoms with E-state index in [1.54, 1.807) is 6.20 Å². The van der Waals surface area contributed by atoms with Crippen molar-refractivity contribution in [2.45, 2.75) is 58.6 Å². The molecule has 0 radical (unpaired) electrons. The van der Waals surface area contributed by atoms with Crippen molar-refractivity contribution in [3.63, 3.8) is 0 Å². The van der Waals surface area contributed by atoms with Gasteiger partial charge < -0.3 is 14.6 Å². The first kappa shape index (κ1) is 22.1. The van der Waals surface area contributed by atoms with Crippen molar-refractivity contribution >= 4 is 5.95 Å². The number of nitrogens with zero attached hydrogens (tertiary/aromatic N) is 4. The van der Waals surface area contributed by atoms with Crippen LogP contribution in [0.3, 0.4) is 0 Å². The van der Waals surface area contributed by atoms with E-state index in [2.05, 4.69) is 20.4 Å². The number of aryl methyl sites for hydroxylation is 2. The summed E-state index contributed by atoms with van der Waals surface area (Å²) in [6.07, 6.45) is 8.08. The van der Waals surface area contributed by atoms with Gasteiger partial charge in [0.05, 0.1) is 23.7 Å². The van der Waals surface area contributed by atoms with Gasteiger partial charge in [0.2, 0.25) is 5.95 Å². The highest BCUT2D eigenvalue weighted by Gasteiger charge is 2.18. The number of hydrogen-bond acceptors (Lipinski definition) is 7. The number of pyridine rings is 1. The molecule has 0 amide bonds. The Bertz CT molecular complexity index is 1230. The van der Waals surface area contributed by atoms with Crippen LogP contribution in [-0.2, 0) is 6.54 Å². The summed E-state index contributed by atoms with van der Waals surface area (Å²) >= 11 is 0. The minimum atomic E-state index is 0.295. The van der Waals surface area contributed by atoms with Gasteiger partial charge in [-0.25, -0.2) is 15.0 Å². The molecule has 174 valence electrons. The van der Waals surface area contributed by atoms with E-state index in [0.29, 0.717) is 24.4 Å². The molecule has 4 aromatic rings. The van der Waals surface area contributed by atoms with Gasteiger partial charge in [-0.3, -0.25) is 0 Å². The topological polar surface area (TPSA) is 86.0 Å². The van der Waals surface area contributed by atoms with Crippen LogP contribution in [0.1, 0.15) is 49.1 Å². The van der Waals surface area contributed by atoms with Crippen molar-refractivity contribution in [2.75, 3.05) is 5.32 Å². The van der Waals surface area contributed by atoms with E-state index in [-0.39, 0.29) is 0 Å². The standard InChI is InChI=1S/C27H29N5O2/c1-18-15-25(20-9-5-3-6-10-20)31-27(30-18)29-17-23-19(2)32-34-26(23)24-14-13-22(16-28-24)33-21-11-7-4-8-12-21/h3,5-6,9-10,13-16,21H,4,7-8,11-12,17H2,1-2H3,(H,29,30,31). The molecule has 3 heterocycles. The van der Waals surface area contributed by atoms with Crippen LogP contribution in [0.25, 0.3) is 22.7 Å². The van der Waals surface area contributed by atoms with E-state index in [1.165, 1.54) is 19.3 Å². The zero-order valence-electron chi connectivity index (χ0n) is 19.6. The van der Waals surface area contributed by atoms with Gasteiger partial charge >= 0.3 is 0 Å². The summed E-state index contributed by atoms with van der Waals surface area (Å²) in [6.45, 7) is 4.37. The maximum absolute atomic E-state index is 6.11. The van der Waals surface area contributed by atoms with E-state index in [0.717, 1.165) is 52.5 Å². The van der Waals surface area contributed by atoms with Gasteiger partial charge in [0.1, 0.15) is 11.4 Å². The van der Waals surface area contributed by atoms with E-state index in [4.69, 9.17) is 14.2 Å². The van der Waals surface area contributed by atoms with Gasteiger partial charge in [0.25, 0.3) is 0 Å². The van der Waals surface area contributed by atoms with Gasteiger partial charge in [0.15, 0.2) is 5.76 Å². The van der Waals surface area contributed by atoms with Crippen molar-refractivity contribution < 1.29 is 9.26 Å². The molecule has 3 aromatic heterocycles. The number of ether oxygens (including phenoxy) is 1. The second-order valence-electron chi connectivity index (χ2n) is 8.77. The molecule has 1 aliphatic carbocycles. The molecule has 1 N–H and O–H groups in total. The van der Waals surface area contributed by atoms with Gasteiger partial charge in [-0.05, 0) is 57.7 Å². The lowest BCUT2D eigenvalue weighted by atomic mass is 9.98. The summed E-state index contributed by atoms with van der Waals surface area (Å²) in [7, 11) is 0. The van der Waals surface area contributed by atoms with E-state index < -0.39 is 0 Å². The molecule has 0 aliphatic heterocycles. The molecule has 1 aromatic carbocycles. The van der Waals surface area contributed by atoms with Crippen LogP contribution in [0.5, 0.6) is 5.75 Å². The van der Waals surface area contributed by atoms with Crippen molar-refractivity contribution in [3.05, 3.63) is 71.7 Å². The average Bonchev–Trinajstić information content (AvgIpc) is 3.24. The second kappa shape index (κ2) is 10.0. The number of anilines is 1. The number of nitrogens with one attached hydrogen (secondary N) is 1. The molecule has 1 aliphatic rings. The minimum absolute atomic E-state index is 0.295. The zero-order valence-corrected chi connectivity index (χ0v) is 19.6. The summed E-state index contributed by atoms with van der Waals surface area (Å²) in [5.41, 5.74) is 5.30. The Morgan fingerprint density at radius 1 is 0.971 bits per heavy atom. The normalized spacial score (nSPS) is 14.2. The fourth-order valence-electron chi connectivity index (χ4n) is 4.33. The van der Waals surface area contributed by atoms with Gasteiger partial charge in [-0.1, -0.05) is 41.9 Å². The van der Waals surface area contributed by atoms with Crippen molar-refractivity contribution in [1.29, 1.82) is 0 Å². The molecule has 5 rings (SSSR count). The summed E-state index contributed by atoms with van der Waals surface area (Å²) < 4.78 is 11.8. The van der Waals surface area contributed by atoms with Gasteiger partial charge in [0, 0.05) is 23.4 Å².